The molecule has 0 aliphatic carbocycles. The summed E-state index contributed by atoms with van der Waals surface area (Å²) in [5, 5.41) is 5.35. The molecule has 0 saturated carbocycles. The first kappa shape index (κ1) is 18.6. The lowest BCUT2D eigenvalue weighted by atomic mass is 10.1. The van der Waals surface area contributed by atoms with Crippen LogP contribution >= 0.6 is 23.3 Å². The average Bonchev–Trinajstić information content (AvgIpc) is 3.20. The van der Waals surface area contributed by atoms with E-state index >= 15 is 0 Å². The first-order valence-corrected chi connectivity index (χ1v) is 10.4. The van der Waals surface area contributed by atoms with Crippen LogP contribution in [-0.2, 0) is 32.2 Å². The Labute approximate surface area is 168 Å². The summed E-state index contributed by atoms with van der Waals surface area (Å²) in [6.07, 6.45) is 4.12. The number of nitrogens with one attached hydrogen (secondary N) is 1. The van der Waals surface area contributed by atoms with Crippen LogP contribution < -0.4 is 10.0 Å². The topological polar surface area (TPSA) is 105 Å². The van der Waals surface area contributed by atoms with Gasteiger partial charge in [0.05, 0.1) is 23.9 Å². The Morgan fingerprint density at radius 2 is 2.14 bits per heavy atom. The zero-order valence-corrected chi connectivity index (χ0v) is 16.2. The lowest BCUT2D eigenvalue weighted by Gasteiger charge is -2.43. The molecule has 4 rings (SSSR count). The van der Waals surface area contributed by atoms with Crippen molar-refractivity contribution in [3.63, 3.8) is 0 Å². The van der Waals surface area contributed by atoms with Gasteiger partial charge in [-0.25, -0.2) is 9.36 Å². The molecule has 11 heteroatoms. The molecule has 2 aromatic heterocycles. The molecule has 1 fully saturated rings. The van der Waals surface area contributed by atoms with Crippen LogP contribution in [0.5, 0.6) is 0 Å². The molecule has 1 saturated heterocycles. The summed E-state index contributed by atoms with van der Waals surface area (Å²) in [6.45, 7) is 0.452. The molecule has 0 spiro atoms. The monoisotopic (exact) mass is 418 g/mol. The Morgan fingerprint density at radius 3 is 2.86 bits per heavy atom. The Morgan fingerprint density at radius 1 is 1.32 bits per heavy atom. The Kier molecular flexibility index (Phi) is 5.35. The zero-order valence-electron chi connectivity index (χ0n) is 14.6. The fourth-order valence-electron chi connectivity index (χ4n) is 2.96. The zero-order chi connectivity index (χ0) is 19.5. The second-order valence-corrected chi connectivity index (χ2v) is 8.00. The molecule has 0 aromatic carbocycles. The van der Waals surface area contributed by atoms with Crippen molar-refractivity contribution in [3.05, 3.63) is 52.9 Å². The van der Waals surface area contributed by atoms with Crippen LogP contribution in [0.1, 0.15) is 12.1 Å². The lowest BCUT2D eigenvalue weighted by molar-refractivity contribution is -0.689. The third-order valence-electron chi connectivity index (χ3n) is 4.28. The molecule has 1 atom stereocenters. The number of hydrogen-bond donors (Lipinski definition) is 1. The van der Waals surface area contributed by atoms with E-state index in [1.54, 1.807) is 17.1 Å². The maximum atomic E-state index is 12.7. The highest BCUT2D eigenvalue weighted by Crippen LogP contribution is 2.40. The first-order chi connectivity index (χ1) is 13.6. The van der Waals surface area contributed by atoms with E-state index in [9.17, 15) is 14.4 Å². The minimum atomic E-state index is -0.741. The normalized spacial score (nSPS) is 18.4. The number of hydroxylamine groups is 1. The highest BCUT2D eigenvalue weighted by molar-refractivity contribution is 8.00. The standard InChI is InChI=1S/C17H15N5O4S2/c23-13(6-12-10-28-20-18-12)19-26-17(25)16-11(8-21-4-2-1-3-5-21)9-27-15-7-14(24)22(15)16/h1-5,10,15H,6-9H2/p+1/t15-/m0/s1. The van der Waals surface area contributed by atoms with Gasteiger partial charge in [0.2, 0.25) is 5.91 Å². The van der Waals surface area contributed by atoms with Crippen molar-refractivity contribution in [1.29, 1.82) is 0 Å². The summed E-state index contributed by atoms with van der Waals surface area (Å²) >= 11 is 2.75. The van der Waals surface area contributed by atoms with Gasteiger partial charge in [0.15, 0.2) is 18.9 Å². The van der Waals surface area contributed by atoms with Crippen LogP contribution in [-0.4, -0.2) is 43.4 Å². The van der Waals surface area contributed by atoms with E-state index in [2.05, 4.69) is 15.1 Å². The van der Waals surface area contributed by atoms with Crippen molar-refractivity contribution in [1.82, 2.24) is 20.0 Å². The molecule has 2 aliphatic rings. The number of carbonyl (C=O) groups excluding carboxylic acids is 3. The van der Waals surface area contributed by atoms with E-state index in [-0.39, 0.29) is 23.4 Å². The van der Waals surface area contributed by atoms with E-state index < -0.39 is 11.9 Å². The molecule has 0 radical (unpaired) electrons. The minimum Gasteiger partial charge on any atom is -0.334 e. The number of pyridine rings is 1. The first-order valence-electron chi connectivity index (χ1n) is 8.47. The second-order valence-electron chi connectivity index (χ2n) is 6.22. The number of nitrogens with zero attached hydrogens (tertiary/aromatic N) is 4. The van der Waals surface area contributed by atoms with Gasteiger partial charge in [-0.05, 0) is 11.5 Å². The molecule has 2 amide bonds. The molecule has 2 aliphatic heterocycles. The Hall–Kier alpha value is -2.79. The van der Waals surface area contributed by atoms with Crippen LogP contribution in [0.3, 0.4) is 0 Å². The molecule has 1 N–H and O–H groups in total. The SMILES string of the molecule is O=C(Cc1csnn1)NOC(=O)C1=C(C[n+]2ccccc2)CS[C@H]2CC(=O)N12. The van der Waals surface area contributed by atoms with Gasteiger partial charge in [0, 0.05) is 28.8 Å². The third kappa shape index (κ3) is 3.90. The van der Waals surface area contributed by atoms with Gasteiger partial charge in [-0.15, -0.1) is 16.9 Å². The van der Waals surface area contributed by atoms with E-state index in [4.69, 9.17) is 4.84 Å². The maximum absolute atomic E-state index is 12.7. The molecular formula is C17H16N5O4S2+. The van der Waals surface area contributed by atoms with Gasteiger partial charge in [-0.1, -0.05) is 10.6 Å². The number of aromatic nitrogens is 3. The molecule has 9 nitrogen and oxygen atoms in total. The van der Waals surface area contributed by atoms with Crippen LogP contribution in [0.15, 0.2) is 47.2 Å². The van der Waals surface area contributed by atoms with Gasteiger partial charge in [0.1, 0.15) is 5.70 Å². The third-order valence-corrected chi connectivity index (χ3v) is 6.11. The summed E-state index contributed by atoms with van der Waals surface area (Å²) in [7, 11) is 0. The largest absolute Gasteiger partial charge is 0.379 e. The minimum absolute atomic E-state index is 0.0450. The molecular weight excluding hydrogens is 402 g/mol. The molecule has 144 valence electrons. The highest BCUT2D eigenvalue weighted by atomic mass is 32.2. The van der Waals surface area contributed by atoms with E-state index in [0.29, 0.717) is 24.4 Å². The summed E-state index contributed by atoms with van der Waals surface area (Å²) in [4.78, 5) is 43.2. The number of fused-ring (bicyclic) bond motifs is 1. The van der Waals surface area contributed by atoms with Gasteiger partial charge in [-0.2, -0.15) is 5.48 Å². The number of amides is 2. The van der Waals surface area contributed by atoms with Crippen molar-refractivity contribution < 1.29 is 23.8 Å². The van der Waals surface area contributed by atoms with Crippen LogP contribution in [0.4, 0.5) is 0 Å². The summed E-state index contributed by atoms with van der Waals surface area (Å²) in [5.41, 5.74) is 3.62. The number of β-lactam (4-membered cyclic amide) rings is 1. The number of thioether (sulfide) groups is 1. The molecule has 0 unspecified atom stereocenters. The molecule has 2 aromatic rings. The summed E-state index contributed by atoms with van der Waals surface area (Å²) < 4.78 is 5.59. The van der Waals surface area contributed by atoms with Crippen molar-refractivity contribution in [2.45, 2.75) is 24.8 Å². The lowest BCUT2D eigenvalue weighted by Crippen LogP contribution is -2.55. The Balaban J connectivity index is 1.49. The quantitative estimate of drug-likeness (QED) is 0.420. The van der Waals surface area contributed by atoms with Crippen LogP contribution in [0.25, 0.3) is 0 Å². The summed E-state index contributed by atoms with van der Waals surface area (Å²) in [6, 6.07) is 5.68. The van der Waals surface area contributed by atoms with Crippen molar-refractivity contribution in [2.24, 2.45) is 0 Å². The maximum Gasteiger partial charge on any atom is 0.379 e. The number of carbonyl (C=O) groups is 3. The second kappa shape index (κ2) is 8.07. The molecule has 28 heavy (non-hydrogen) atoms. The fourth-order valence-corrected chi connectivity index (χ4v) is 4.67. The van der Waals surface area contributed by atoms with Gasteiger partial charge >= 0.3 is 5.97 Å². The Bertz CT molecular complexity index is 932. The fraction of sp³-hybridized carbons (Fsp3) is 0.294. The highest BCUT2D eigenvalue weighted by Gasteiger charge is 2.46. The van der Waals surface area contributed by atoms with E-state index in [1.807, 2.05) is 35.2 Å². The predicted molar refractivity (Wildman–Crippen MR) is 99.2 cm³/mol. The smallest absolute Gasteiger partial charge is 0.334 e. The number of rotatable bonds is 5. The number of hydrogen-bond acceptors (Lipinski definition) is 8. The van der Waals surface area contributed by atoms with Crippen LogP contribution in [0.2, 0.25) is 0 Å². The van der Waals surface area contributed by atoms with Gasteiger partial charge < -0.3 is 4.84 Å². The van der Waals surface area contributed by atoms with E-state index in [0.717, 1.165) is 17.1 Å². The molecule has 4 heterocycles. The van der Waals surface area contributed by atoms with Gasteiger partial charge in [-0.3, -0.25) is 14.5 Å². The predicted octanol–water partition coefficient (Wildman–Crippen LogP) is 0.202. The van der Waals surface area contributed by atoms with Crippen molar-refractivity contribution >= 4 is 41.1 Å². The van der Waals surface area contributed by atoms with Gasteiger partial charge in [0.25, 0.3) is 5.91 Å². The van der Waals surface area contributed by atoms with E-state index in [1.165, 1.54) is 4.90 Å². The van der Waals surface area contributed by atoms with Crippen LogP contribution in [0, 0.1) is 0 Å². The average molecular weight is 418 g/mol. The summed E-state index contributed by atoms with van der Waals surface area (Å²) in [5.74, 6) is -0.773. The van der Waals surface area contributed by atoms with Crippen molar-refractivity contribution in [3.8, 4) is 0 Å². The van der Waals surface area contributed by atoms with Crippen molar-refractivity contribution in [2.75, 3.05) is 5.75 Å². The molecule has 0 bridgehead atoms.